The summed E-state index contributed by atoms with van der Waals surface area (Å²) in [4.78, 5) is 23.7. The van der Waals surface area contributed by atoms with Gasteiger partial charge in [0, 0.05) is 23.3 Å². The van der Waals surface area contributed by atoms with Gasteiger partial charge in [0.1, 0.15) is 0 Å². The van der Waals surface area contributed by atoms with Crippen molar-refractivity contribution in [3.63, 3.8) is 0 Å². The number of ketones is 2. The van der Waals surface area contributed by atoms with E-state index in [-0.39, 0.29) is 11.6 Å². The van der Waals surface area contributed by atoms with E-state index in [4.69, 9.17) is 4.74 Å². The Balaban J connectivity index is 1.86. The molecule has 2 aromatic rings. The number of carbonyl (C=O) groups is 2. The number of benzene rings is 2. The summed E-state index contributed by atoms with van der Waals surface area (Å²) in [5.41, 5.74) is 3.38. The lowest BCUT2D eigenvalue weighted by Crippen LogP contribution is -1.95. The van der Waals surface area contributed by atoms with E-state index in [0.717, 1.165) is 11.1 Å². The third kappa shape index (κ3) is 5.08. The fourth-order valence-electron chi connectivity index (χ4n) is 1.88. The lowest BCUT2D eigenvalue weighted by atomic mass is 10.1. The van der Waals surface area contributed by atoms with Crippen LogP contribution < -0.4 is 0 Å². The molecule has 0 fully saturated rings. The van der Waals surface area contributed by atoms with Crippen molar-refractivity contribution in [3.05, 3.63) is 95.5 Å². The molecular weight excluding hydrogens is 288 g/mol. The topological polar surface area (TPSA) is 43.4 Å². The molecule has 0 amide bonds. The van der Waals surface area contributed by atoms with E-state index >= 15 is 0 Å². The first-order chi connectivity index (χ1) is 11.1. The highest BCUT2D eigenvalue weighted by molar-refractivity contribution is 6.05. The maximum Gasteiger partial charge on any atom is 0.188 e. The molecule has 116 valence electrons. The average molecular weight is 306 g/mol. The maximum atomic E-state index is 11.8. The van der Waals surface area contributed by atoms with Gasteiger partial charge in [0.05, 0.1) is 12.5 Å². The third-order valence-corrected chi connectivity index (χ3v) is 3.27. The Morgan fingerprint density at radius 2 is 1.04 bits per heavy atom. The van der Waals surface area contributed by atoms with E-state index in [2.05, 4.69) is 0 Å². The second-order valence-electron chi connectivity index (χ2n) is 5.20. The van der Waals surface area contributed by atoms with Crippen molar-refractivity contribution in [3.8, 4) is 0 Å². The Kier molecular flexibility index (Phi) is 5.64. The number of aryl methyl sites for hydroxylation is 2. The van der Waals surface area contributed by atoms with Crippen LogP contribution in [0.5, 0.6) is 0 Å². The summed E-state index contributed by atoms with van der Waals surface area (Å²) in [5.74, 6) is -0.300. The molecule has 0 unspecified atom stereocenters. The first-order valence-corrected chi connectivity index (χ1v) is 7.27. The van der Waals surface area contributed by atoms with Crippen molar-refractivity contribution in [2.45, 2.75) is 13.8 Å². The van der Waals surface area contributed by atoms with E-state index in [9.17, 15) is 9.59 Å². The molecule has 3 nitrogen and oxygen atoms in total. The van der Waals surface area contributed by atoms with Gasteiger partial charge in [-0.1, -0.05) is 59.7 Å². The van der Waals surface area contributed by atoms with E-state index in [1.807, 2.05) is 38.1 Å². The lowest BCUT2D eigenvalue weighted by molar-refractivity contribution is 0.103. The molecule has 0 aliphatic heterocycles. The quantitative estimate of drug-likeness (QED) is 0.451. The second kappa shape index (κ2) is 7.90. The molecule has 2 aromatic carbocycles. The molecule has 0 radical (unpaired) electrons. The van der Waals surface area contributed by atoms with Crippen LogP contribution in [-0.2, 0) is 4.74 Å². The lowest BCUT2D eigenvalue weighted by Gasteiger charge is -1.97. The molecule has 0 aliphatic rings. The van der Waals surface area contributed by atoms with Gasteiger partial charge in [-0.05, 0) is 13.8 Å². The molecule has 0 heterocycles. The Hall–Kier alpha value is -2.94. The summed E-state index contributed by atoms with van der Waals surface area (Å²) in [6, 6.07) is 14.6. The third-order valence-electron chi connectivity index (χ3n) is 3.27. The molecule has 0 bridgehead atoms. The minimum atomic E-state index is -0.150. The SMILES string of the molecule is Cc1ccc(C(=O)C=COC=CC(=O)c2ccc(C)cc2)cc1. The van der Waals surface area contributed by atoms with Crippen molar-refractivity contribution in [2.75, 3.05) is 0 Å². The molecule has 23 heavy (non-hydrogen) atoms. The Morgan fingerprint density at radius 3 is 1.39 bits per heavy atom. The molecule has 2 rings (SSSR count). The van der Waals surface area contributed by atoms with Gasteiger partial charge in [-0.25, -0.2) is 0 Å². The highest BCUT2D eigenvalue weighted by Crippen LogP contribution is 2.06. The number of allylic oxidation sites excluding steroid dienone is 2. The van der Waals surface area contributed by atoms with Crippen LogP contribution in [0.15, 0.2) is 73.2 Å². The summed E-state index contributed by atoms with van der Waals surface area (Å²) in [5, 5.41) is 0. The zero-order valence-electron chi connectivity index (χ0n) is 13.2. The van der Waals surface area contributed by atoms with Crippen molar-refractivity contribution < 1.29 is 14.3 Å². The van der Waals surface area contributed by atoms with Crippen molar-refractivity contribution in [1.29, 1.82) is 0 Å². The maximum absolute atomic E-state index is 11.8. The van der Waals surface area contributed by atoms with Crippen LogP contribution in [0.3, 0.4) is 0 Å². The molecule has 0 spiro atoms. The summed E-state index contributed by atoms with van der Waals surface area (Å²) >= 11 is 0. The number of carbonyl (C=O) groups excluding carboxylic acids is 2. The molecule has 3 heteroatoms. The van der Waals surface area contributed by atoms with E-state index < -0.39 is 0 Å². The van der Waals surface area contributed by atoms with E-state index in [1.165, 1.54) is 24.7 Å². The molecule has 0 saturated heterocycles. The summed E-state index contributed by atoms with van der Waals surface area (Å²) < 4.78 is 5.06. The number of hydrogen-bond acceptors (Lipinski definition) is 3. The van der Waals surface area contributed by atoms with Crippen molar-refractivity contribution >= 4 is 11.6 Å². The van der Waals surface area contributed by atoms with Crippen LogP contribution in [0.1, 0.15) is 31.8 Å². The van der Waals surface area contributed by atoms with Crippen LogP contribution in [0, 0.1) is 13.8 Å². The highest BCUT2D eigenvalue weighted by Gasteiger charge is 2.01. The monoisotopic (exact) mass is 306 g/mol. The molecule has 0 aliphatic carbocycles. The first-order valence-electron chi connectivity index (χ1n) is 7.27. The van der Waals surface area contributed by atoms with Gasteiger partial charge in [0.2, 0.25) is 0 Å². The van der Waals surface area contributed by atoms with Crippen LogP contribution >= 0.6 is 0 Å². The summed E-state index contributed by atoms with van der Waals surface area (Å²) in [7, 11) is 0. The van der Waals surface area contributed by atoms with Crippen LogP contribution in [0.4, 0.5) is 0 Å². The zero-order chi connectivity index (χ0) is 16.7. The van der Waals surface area contributed by atoms with Gasteiger partial charge >= 0.3 is 0 Å². The standard InChI is InChI=1S/C20H18O3/c1-15-3-7-17(8-4-15)19(21)11-13-23-14-12-20(22)18-9-5-16(2)6-10-18/h3-14H,1-2H3. The number of rotatable bonds is 6. The smallest absolute Gasteiger partial charge is 0.188 e. The van der Waals surface area contributed by atoms with Gasteiger partial charge < -0.3 is 4.74 Å². The van der Waals surface area contributed by atoms with Gasteiger partial charge in [-0.2, -0.15) is 0 Å². The van der Waals surface area contributed by atoms with E-state index in [1.54, 1.807) is 24.3 Å². The summed E-state index contributed by atoms with van der Waals surface area (Å²) in [6.45, 7) is 3.92. The fourth-order valence-corrected chi connectivity index (χ4v) is 1.88. The molecule has 0 saturated carbocycles. The second-order valence-corrected chi connectivity index (χ2v) is 5.20. The van der Waals surface area contributed by atoms with Crippen LogP contribution in [0.2, 0.25) is 0 Å². The molecular formula is C20H18O3. The number of hydrogen-bond donors (Lipinski definition) is 0. The van der Waals surface area contributed by atoms with Crippen LogP contribution in [-0.4, -0.2) is 11.6 Å². The van der Waals surface area contributed by atoms with Gasteiger partial charge in [-0.15, -0.1) is 0 Å². The fraction of sp³-hybridized carbons (Fsp3) is 0.100. The van der Waals surface area contributed by atoms with Gasteiger partial charge in [0.15, 0.2) is 11.6 Å². The zero-order valence-corrected chi connectivity index (χ0v) is 13.2. The predicted octanol–water partition coefficient (Wildman–Crippen LogP) is 4.41. The Morgan fingerprint density at radius 1 is 0.696 bits per heavy atom. The van der Waals surface area contributed by atoms with Crippen molar-refractivity contribution in [1.82, 2.24) is 0 Å². The normalized spacial score (nSPS) is 11.0. The predicted molar refractivity (Wildman–Crippen MR) is 90.4 cm³/mol. The van der Waals surface area contributed by atoms with E-state index in [0.29, 0.717) is 11.1 Å². The minimum absolute atomic E-state index is 0.150. The number of ether oxygens (including phenoxy) is 1. The van der Waals surface area contributed by atoms with Gasteiger partial charge in [-0.3, -0.25) is 9.59 Å². The molecule has 0 aromatic heterocycles. The Bertz CT molecular complexity index is 670. The van der Waals surface area contributed by atoms with Crippen LogP contribution in [0.25, 0.3) is 0 Å². The Labute approximate surface area is 135 Å². The molecule has 0 atom stereocenters. The molecule has 0 N–H and O–H groups in total. The largest absolute Gasteiger partial charge is 0.472 e. The first kappa shape index (κ1) is 16.4. The minimum Gasteiger partial charge on any atom is -0.472 e. The average Bonchev–Trinajstić information content (AvgIpc) is 2.55. The van der Waals surface area contributed by atoms with Gasteiger partial charge in [0.25, 0.3) is 0 Å². The highest BCUT2D eigenvalue weighted by atomic mass is 16.5. The van der Waals surface area contributed by atoms with Crippen molar-refractivity contribution in [2.24, 2.45) is 0 Å². The summed E-state index contributed by atoms with van der Waals surface area (Å²) in [6.07, 6.45) is 5.18.